The molecule has 0 spiro atoms. The maximum Gasteiger partial charge on any atom is 0.417 e. The molecular weight excluding hydrogens is 223 g/mol. The molecule has 0 unspecified atom stereocenters. The molecule has 0 aliphatic heterocycles. The van der Waals surface area contributed by atoms with Crippen LogP contribution in [-0.4, -0.2) is 10.1 Å². The normalized spacial score (nSPS) is 11.7. The molecule has 0 bridgehead atoms. The molecular formula is C9H6F3N3O. The predicted molar refractivity (Wildman–Crippen MR) is 49.1 cm³/mol. The minimum Gasteiger partial charge on any atom is -0.381 e. The minimum absolute atomic E-state index is 0.0203. The van der Waals surface area contributed by atoms with Gasteiger partial charge in [0, 0.05) is 18.5 Å². The fourth-order valence-corrected chi connectivity index (χ4v) is 1.25. The highest BCUT2D eigenvalue weighted by atomic mass is 19.4. The summed E-state index contributed by atoms with van der Waals surface area (Å²) in [6, 6.07) is 2.08. The van der Waals surface area contributed by atoms with Gasteiger partial charge in [-0.05, 0) is 6.07 Å². The maximum absolute atomic E-state index is 12.6. The third-order valence-electron chi connectivity index (χ3n) is 1.92. The molecule has 0 aromatic carbocycles. The van der Waals surface area contributed by atoms with Crippen molar-refractivity contribution in [3.63, 3.8) is 0 Å². The van der Waals surface area contributed by atoms with E-state index in [-0.39, 0.29) is 17.1 Å². The topological polar surface area (TPSA) is 64.9 Å². The Hall–Kier alpha value is -2.05. The van der Waals surface area contributed by atoms with Gasteiger partial charge in [-0.15, -0.1) is 0 Å². The van der Waals surface area contributed by atoms with Gasteiger partial charge in [0.25, 0.3) is 0 Å². The van der Waals surface area contributed by atoms with E-state index < -0.39 is 11.7 Å². The van der Waals surface area contributed by atoms with Crippen LogP contribution >= 0.6 is 0 Å². The molecule has 0 amide bonds. The molecule has 2 heterocycles. The van der Waals surface area contributed by atoms with Gasteiger partial charge in [-0.3, -0.25) is 4.98 Å². The molecule has 4 nitrogen and oxygen atoms in total. The van der Waals surface area contributed by atoms with Crippen molar-refractivity contribution in [3.05, 3.63) is 30.1 Å². The summed E-state index contributed by atoms with van der Waals surface area (Å²) in [6.45, 7) is 0. The lowest BCUT2D eigenvalue weighted by Crippen LogP contribution is -2.07. The number of rotatable bonds is 1. The van der Waals surface area contributed by atoms with Crippen molar-refractivity contribution in [3.8, 4) is 11.3 Å². The van der Waals surface area contributed by atoms with Crippen molar-refractivity contribution >= 4 is 5.82 Å². The second-order valence-electron chi connectivity index (χ2n) is 3.04. The van der Waals surface area contributed by atoms with Gasteiger partial charge in [-0.2, -0.15) is 13.2 Å². The molecule has 0 radical (unpaired) electrons. The zero-order valence-electron chi connectivity index (χ0n) is 7.82. The second-order valence-corrected chi connectivity index (χ2v) is 3.04. The van der Waals surface area contributed by atoms with E-state index in [1.807, 2.05) is 0 Å². The minimum atomic E-state index is -4.47. The Balaban J connectivity index is 2.57. The standard InChI is InChI=1S/C9H6F3N3O/c10-9(11,12)6-1-2-14-4-5(6)7-3-8(13)15-16-7/h1-4H,(H2,13,15). The van der Waals surface area contributed by atoms with E-state index in [2.05, 4.69) is 14.7 Å². The number of nitrogen functional groups attached to an aromatic ring is 1. The van der Waals surface area contributed by atoms with Gasteiger partial charge in [0.05, 0.1) is 11.1 Å². The van der Waals surface area contributed by atoms with Gasteiger partial charge in [0.15, 0.2) is 11.6 Å². The molecule has 7 heteroatoms. The largest absolute Gasteiger partial charge is 0.417 e. The first-order valence-corrected chi connectivity index (χ1v) is 4.22. The quantitative estimate of drug-likeness (QED) is 0.815. The van der Waals surface area contributed by atoms with E-state index in [0.717, 1.165) is 18.5 Å². The van der Waals surface area contributed by atoms with Crippen LogP contribution < -0.4 is 5.73 Å². The van der Waals surface area contributed by atoms with E-state index in [0.29, 0.717) is 0 Å². The lowest BCUT2D eigenvalue weighted by Gasteiger charge is -2.09. The maximum atomic E-state index is 12.6. The van der Waals surface area contributed by atoms with Crippen molar-refractivity contribution < 1.29 is 17.7 Å². The van der Waals surface area contributed by atoms with E-state index in [1.165, 1.54) is 6.07 Å². The summed E-state index contributed by atoms with van der Waals surface area (Å²) in [5, 5.41) is 3.32. The molecule has 0 aliphatic rings. The highest BCUT2D eigenvalue weighted by molar-refractivity contribution is 5.63. The van der Waals surface area contributed by atoms with E-state index in [9.17, 15) is 13.2 Å². The molecule has 0 fully saturated rings. The average Bonchev–Trinajstić information content (AvgIpc) is 2.64. The van der Waals surface area contributed by atoms with Gasteiger partial charge >= 0.3 is 6.18 Å². The summed E-state index contributed by atoms with van der Waals surface area (Å²) >= 11 is 0. The first-order chi connectivity index (χ1) is 7.48. The van der Waals surface area contributed by atoms with Crippen molar-refractivity contribution in [1.29, 1.82) is 0 Å². The fourth-order valence-electron chi connectivity index (χ4n) is 1.25. The van der Waals surface area contributed by atoms with Crippen LogP contribution in [0.1, 0.15) is 5.56 Å². The number of hydrogen-bond donors (Lipinski definition) is 1. The molecule has 2 N–H and O–H groups in total. The molecule has 0 aliphatic carbocycles. The van der Waals surface area contributed by atoms with Crippen molar-refractivity contribution in [2.45, 2.75) is 6.18 Å². The van der Waals surface area contributed by atoms with Gasteiger partial charge in [0.1, 0.15) is 0 Å². The van der Waals surface area contributed by atoms with Crippen molar-refractivity contribution in [2.75, 3.05) is 5.73 Å². The van der Waals surface area contributed by atoms with Crippen LogP contribution in [0.15, 0.2) is 29.0 Å². The van der Waals surface area contributed by atoms with Gasteiger partial charge in [-0.1, -0.05) is 5.16 Å². The highest BCUT2D eigenvalue weighted by Crippen LogP contribution is 2.36. The Morgan fingerprint density at radius 2 is 2.06 bits per heavy atom. The molecule has 2 aromatic rings. The average molecular weight is 229 g/mol. The Morgan fingerprint density at radius 3 is 2.62 bits per heavy atom. The van der Waals surface area contributed by atoms with E-state index in [1.54, 1.807) is 0 Å². The Kier molecular flexibility index (Phi) is 2.30. The third kappa shape index (κ3) is 1.83. The van der Waals surface area contributed by atoms with E-state index in [4.69, 9.17) is 5.73 Å². The van der Waals surface area contributed by atoms with E-state index >= 15 is 0 Å². The van der Waals surface area contributed by atoms with Crippen LogP contribution in [-0.2, 0) is 6.18 Å². The molecule has 0 saturated heterocycles. The number of anilines is 1. The summed E-state index contributed by atoms with van der Waals surface area (Å²) < 4.78 is 42.5. The molecule has 2 rings (SSSR count). The zero-order valence-corrected chi connectivity index (χ0v) is 7.82. The SMILES string of the molecule is Nc1cc(-c2cnccc2C(F)(F)F)on1. The fraction of sp³-hybridized carbons (Fsp3) is 0.111. The van der Waals surface area contributed by atoms with Gasteiger partial charge in [-0.25, -0.2) is 0 Å². The summed E-state index contributed by atoms with van der Waals surface area (Å²) in [7, 11) is 0. The van der Waals surface area contributed by atoms with Gasteiger partial charge < -0.3 is 10.3 Å². The van der Waals surface area contributed by atoms with Crippen LogP contribution in [0, 0.1) is 0 Å². The highest BCUT2D eigenvalue weighted by Gasteiger charge is 2.34. The summed E-state index contributed by atoms with van der Waals surface area (Å²) in [4.78, 5) is 3.62. The zero-order chi connectivity index (χ0) is 11.8. The van der Waals surface area contributed by atoms with Crippen LogP contribution in [0.25, 0.3) is 11.3 Å². The predicted octanol–water partition coefficient (Wildman–Crippen LogP) is 2.34. The second kappa shape index (κ2) is 3.51. The lowest BCUT2D eigenvalue weighted by atomic mass is 10.1. The summed E-state index contributed by atoms with van der Waals surface area (Å²) in [5.41, 5.74) is 4.25. The van der Waals surface area contributed by atoms with Crippen LogP contribution in [0.3, 0.4) is 0 Å². The number of hydrogen-bond acceptors (Lipinski definition) is 4. The molecule has 0 atom stereocenters. The van der Waals surface area contributed by atoms with Crippen molar-refractivity contribution in [2.24, 2.45) is 0 Å². The Morgan fingerprint density at radius 1 is 1.31 bits per heavy atom. The number of nitrogens with zero attached hydrogens (tertiary/aromatic N) is 2. The van der Waals surface area contributed by atoms with Crippen LogP contribution in [0.5, 0.6) is 0 Å². The number of halogens is 3. The lowest BCUT2D eigenvalue weighted by molar-refractivity contribution is -0.137. The number of pyridine rings is 1. The Bertz CT molecular complexity index is 507. The first kappa shape index (κ1) is 10.5. The van der Waals surface area contributed by atoms with Gasteiger partial charge in [0.2, 0.25) is 0 Å². The molecule has 0 saturated carbocycles. The Labute approximate surface area is 87.9 Å². The van der Waals surface area contributed by atoms with Crippen LogP contribution in [0.4, 0.5) is 19.0 Å². The monoisotopic (exact) mass is 229 g/mol. The van der Waals surface area contributed by atoms with Crippen LogP contribution in [0.2, 0.25) is 0 Å². The third-order valence-corrected chi connectivity index (χ3v) is 1.92. The number of aromatic nitrogens is 2. The van der Waals surface area contributed by atoms with Crippen molar-refractivity contribution in [1.82, 2.24) is 10.1 Å². The molecule has 84 valence electrons. The first-order valence-electron chi connectivity index (χ1n) is 4.22. The molecule has 2 aromatic heterocycles. The number of alkyl halides is 3. The summed E-state index contributed by atoms with van der Waals surface area (Å²) in [6.07, 6.45) is -2.35. The molecule has 16 heavy (non-hydrogen) atoms. The summed E-state index contributed by atoms with van der Waals surface area (Å²) in [5.74, 6) is -0.0371. The smallest absolute Gasteiger partial charge is 0.381 e. The number of nitrogens with two attached hydrogens (primary N) is 1.